The van der Waals surface area contributed by atoms with Crippen LogP contribution in [0.3, 0.4) is 0 Å². The molecule has 2 aromatic heterocycles. The highest BCUT2D eigenvalue weighted by Gasteiger charge is 2.47. The topological polar surface area (TPSA) is 9.86 Å². The Hall–Kier alpha value is -11.3. The average molecular weight is 1110 g/mol. The Morgan fingerprint density at radius 3 is 1.06 bits per heavy atom. The van der Waals surface area contributed by atoms with Crippen molar-refractivity contribution in [1.29, 1.82) is 0 Å². The fraction of sp³-hybridized carbons (Fsp3) is 0.0118. The summed E-state index contributed by atoms with van der Waals surface area (Å²) in [6, 6.07) is 126. The minimum Gasteiger partial charge on any atom is -0.309 e. The lowest BCUT2D eigenvalue weighted by Crippen LogP contribution is -2.29. The molecule has 17 rings (SSSR count). The summed E-state index contributed by atoms with van der Waals surface area (Å²) in [7, 11) is 0. The summed E-state index contributed by atoms with van der Waals surface area (Å²) in [4.78, 5) is 0. The Balaban J connectivity index is 0.680. The molecule has 14 aromatic carbocycles. The van der Waals surface area contributed by atoms with Gasteiger partial charge in [0.1, 0.15) is 0 Å². The van der Waals surface area contributed by atoms with Crippen LogP contribution in [-0.2, 0) is 5.41 Å². The summed E-state index contributed by atoms with van der Waals surface area (Å²) < 4.78 is 4.81. The van der Waals surface area contributed by atoms with Crippen molar-refractivity contribution in [3.8, 4) is 89.3 Å². The maximum Gasteiger partial charge on any atom is 0.0719 e. The first-order valence-electron chi connectivity index (χ1n) is 30.1. The van der Waals surface area contributed by atoms with E-state index < -0.39 is 5.41 Å². The van der Waals surface area contributed by atoms with Crippen molar-refractivity contribution in [3.05, 3.63) is 362 Å². The monoisotopic (exact) mass is 1100 g/mol. The first kappa shape index (κ1) is 50.2. The zero-order valence-corrected chi connectivity index (χ0v) is 47.7. The minimum atomic E-state index is -0.572. The van der Waals surface area contributed by atoms with Crippen molar-refractivity contribution in [3.63, 3.8) is 0 Å². The molecule has 0 spiro atoms. The van der Waals surface area contributed by atoms with Crippen LogP contribution in [0.5, 0.6) is 0 Å². The Morgan fingerprint density at radius 2 is 0.517 bits per heavy atom. The molecule has 406 valence electrons. The summed E-state index contributed by atoms with van der Waals surface area (Å²) in [6.45, 7) is 0. The first-order chi connectivity index (χ1) is 43.1. The molecule has 0 unspecified atom stereocenters. The van der Waals surface area contributed by atoms with Gasteiger partial charge in [-0.05, 0) is 167 Å². The van der Waals surface area contributed by atoms with E-state index in [1.54, 1.807) is 0 Å². The van der Waals surface area contributed by atoms with E-state index in [9.17, 15) is 0 Å². The zero-order chi connectivity index (χ0) is 57.4. The van der Waals surface area contributed by atoms with Gasteiger partial charge in [0.15, 0.2) is 0 Å². The third kappa shape index (κ3) is 8.17. The molecule has 0 amide bonds. The smallest absolute Gasteiger partial charge is 0.0719 e. The van der Waals surface area contributed by atoms with Crippen LogP contribution in [0, 0.1) is 0 Å². The second-order valence-electron chi connectivity index (χ2n) is 23.1. The standard InChI is InChI=1S/C85H56N2/c1-3-19-57(20-4-1)58-45-47-63(48-46-58)71-27-7-12-32-78(71)85(79-33-13-8-28-72(79)73-29-9-14-34-80(73)85)68-23-17-21-64(53-68)61-41-37-59(38-42-61)60-39-43-62(44-40-60)65-22-18-26-70(54-65)87-82-36-16-11-31-75(82)77-56-67(50-52-84(77)87)66-49-51-83-76(55-66)74-30-10-15-35-81(74)86(83)69-24-5-2-6-25-69/h1-56H. The van der Waals surface area contributed by atoms with E-state index in [1.807, 2.05) is 0 Å². The number of fused-ring (bicyclic) bond motifs is 9. The van der Waals surface area contributed by atoms with Gasteiger partial charge in [0.2, 0.25) is 0 Å². The van der Waals surface area contributed by atoms with Crippen molar-refractivity contribution in [2.24, 2.45) is 0 Å². The minimum absolute atomic E-state index is 0.572. The van der Waals surface area contributed by atoms with Crippen LogP contribution in [0.15, 0.2) is 340 Å². The van der Waals surface area contributed by atoms with Crippen LogP contribution in [0.25, 0.3) is 133 Å². The molecule has 0 atom stereocenters. The van der Waals surface area contributed by atoms with Gasteiger partial charge in [0.05, 0.1) is 27.5 Å². The average Bonchev–Trinajstić information content (AvgIpc) is 1.81. The highest BCUT2D eigenvalue weighted by atomic mass is 15.0. The summed E-state index contributed by atoms with van der Waals surface area (Å²) in [6.07, 6.45) is 0. The molecule has 0 fully saturated rings. The van der Waals surface area contributed by atoms with Crippen molar-refractivity contribution in [2.75, 3.05) is 0 Å². The van der Waals surface area contributed by atoms with Gasteiger partial charge in [0.25, 0.3) is 0 Å². The largest absolute Gasteiger partial charge is 0.309 e. The Morgan fingerprint density at radius 1 is 0.184 bits per heavy atom. The number of rotatable bonds is 10. The van der Waals surface area contributed by atoms with Gasteiger partial charge < -0.3 is 9.13 Å². The molecule has 0 radical (unpaired) electrons. The highest BCUT2D eigenvalue weighted by molar-refractivity contribution is 6.13. The number of hydrogen-bond donors (Lipinski definition) is 0. The fourth-order valence-electron chi connectivity index (χ4n) is 14.4. The quantitative estimate of drug-likeness (QED) is 0.129. The summed E-state index contributed by atoms with van der Waals surface area (Å²) in [5.41, 5.74) is 28.5. The van der Waals surface area contributed by atoms with Crippen LogP contribution < -0.4 is 0 Å². The van der Waals surface area contributed by atoms with Gasteiger partial charge in [-0.2, -0.15) is 0 Å². The van der Waals surface area contributed by atoms with Crippen LogP contribution in [0.4, 0.5) is 0 Å². The second-order valence-corrected chi connectivity index (χ2v) is 23.1. The molecule has 1 aliphatic carbocycles. The molecule has 87 heavy (non-hydrogen) atoms. The van der Waals surface area contributed by atoms with Crippen LogP contribution in [0.2, 0.25) is 0 Å². The second kappa shape index (κ2) is 20.5. The van der Waals surface area contributed by atoms with E-state index in [-0.39, 0.29) is 0 Å². The number of hydrogen-bond acceptors (Lipinski definition) is 0. The number of nitrogens with zero attached hydrogens (tertiary/aromatic N) is 2. The molecule has 1 aliphatic rings. The van der Waals surface area contributed by atoms with E-state index >= 15 is 0 Å². The first-order valence-corrected chi connectivity index (χ1v) is 30.1. The van der Waals surface area contributed by atoms with Crippen molar-refractivity contribution in [2.45, 2.75) is 5.41 Å². The summed E-state index contributed by atoms with van der Waals surface area (Å²) in [5.74, 6) is 0. The molecule has 2 nitrogen and oxygen atoms in total. The molecule has 2 heterocycles. The van der Waals surface area contributed by atoms with Gasteiger partial charge >= 0.3 is 0 Å². The fourth-order valence-corrected chi connectivity index (χ4v) is 14.4. The lowest BCUT2D eigenvalue weighted by atomic mass is 9.65. The highest BCUT2D eigenvalue weighted by Crippen LogP contribution is 2.58. The maximum absolute atomic E-state index is 2.44. The molecule has 16 aromatic rings. The number of benzene rings is 14. The molecule has 2 heteroatoms. The molecule has 0 bridgehead atoms. The van der Waals surface area contributed by atoms with Gasteiger partial charge in [-0.15, -0.1) is 0 Å². The van der Waals surface area contributed by atoms with E-state index in [0.717, 1.165) is 5.69 Å². The molecule has 0 saturated carbocycles. The third-order valence-electron chi connectivity index (χ3n) is 18.4. The normalized spacial score (nSPS) is 12.5. The maximum atomic E-state index is 2.44. The Labute approximate surface area is 506 Å². The molecule has 0 aliphatic heterocycles. The van der Waals surface area contributed by atoms with E-state index in [1.165, 1.54) is 149 Å². The number of para-hydroxylation sites is 3. The Bertz CT molecular complexity index is 5250. The van der Waals surface area contributed by atoms with Gasteiger partial charge in [-0.25, -0.2) is 0 Å². The zero-order valence-electron chi connectivity index (χ0n) is 47.7. The van der Waals surface area contributed by atoms with Crippen LogP contribution in [-0.4, -0.2) is 9.13 Å². The lowest BCUT2D eigenvalue weighted by Gasteiger charge is -2.36. The van der Waals surface area contributed by atoms with Crippen molar-refractivity contribution in [1.82, 2.24) is 9.13 Å². The van der Waals surface area contributed by atoms with Crippen molar-refractivity contribution >= 4 is 43.6 Å². The van der Waals surface area contributed by atoms with E-state index in [4.69, 9.17) is 0 Å². The van der Waals surface area contributed by atoms with Crippen LogP contribution in [0.1, 0.15) is 22.3 Å². The molecular weight excluding hydrogens is 1050 g/mol. The van der Waals surface area contributed by atoms with E-state index in [0.29, 0.717) is 0 Å². The van der Waals surface area contributed by atoms with Crippen molar-refractivity contribution < 1.29 is 0 Å². The summed E-state index contributed by atoms with van der Waals surface area (Å²) >= 11 is 0. The number of aromatic nitrogens is 2. The lowest BCUT2D eigenvalue weighted by molar-refractivity contribution is 0.771. The molecular formula is C85H56N2. The summed E-state index contributed by atoms with van der Waals surface area (Å²) in [5, 5.41) is 4.98. The van der Waals surface area contributed by atoms with E-state index in [2.05, 4.69) is 349 Å². The predicted molar refractivity (Wildman–Crippen MR) is 365 cm³/mol. The molecule has 0 N–H and O–H groups in total. The SMILES string of the molecule is c1ccc(-c2ccc(-c3ccccc3C3(c4cccc(-c5ccc(-c6ccc(-c7cccc(-n8c9ccccc9c9cc(-c%10ccc%11c(c%10)c%10ccccc%10n%11-c%10ccccc%10)ccc98)c7)cc6)cc5)c4)c4ccccc4-c4ccccc43)cc2)cc1. The predicted octanol–water partition coefficient (Wildman–Crippen LogP) is 22.2. The third-order valence-corrected chi connectivity index (χ3v) is 18.4. The van der Waals surface area contributed by atoms with Gasteiger partial charge in [0, 0.05) is 32.9 Å². The van der Waals surface area contributed by atoms with Gasteiger partial charge in [-0.3, -0.25) is 0 Å². The van der Waals surface area contributed by atoms with Crippen LogP contribution >= 0.6 is 0 Å². The molecule has 0 saturated heterocycles. The Kier molecular flexibility index (Phi) is 11.8. The van der Waals surface area contributed by atoms with Gasteiger partial charge in [-0.1, -0.05) is 273 Å².